The number of benzene rings is 1. The van der Waals surface area contributed by atoms with Gasteiger partial charge in [-0.25, -0.2) is 0 Å². The molecule has 0 spiro atoms. The van der Waals surface area contributed by atoms with Gasteiger partial charge in [-0.1, -0.05) is 63.3 Å². The monoisotopic (exact) mass is 273 g/mol. The Morgan fingerprint density at radius 2 is 1.90 bits per heavy atom. The Kier molecular flexibility index (Phi) is 6.59. The number of nitrogens with one attached hydrogen (secondary N) is 1. The third kappa shape index (κ3) is 4.63. The first-order valence-electron chi connectivity index (χ1n) is 8.60. The first kappa shape index (κ1) is 15.6. The van der Waals surface area contributed by atoms with Crippen molar-refractivity contribution >= 4 is 0 Å². The summed E-state index contributed by atoms with van der Waals surface area (Å²) >= 11 is 0. The van der Waals surface area contributed by atoms with Gasteiger partial charge in [0, 0.05) is 6.04 Å². The van der Waals surface area contributed by atoms with Crippen LogP contribution in [0.1, 0.15) is 75.5 Å². The topological polar surface area (TPSA) is 12.0 Å². The Morgan fingerprint density at radius 1 is 1.15 bits per heavy atom. The third-order valence-corrected chi connectivity index (χ3v) is 4.79. The van der Waals surface area contributed by atoms with Gasteiger partial charge < -0.3 is 5.32 Å². The third-order valence-electron chi connectivity index (χ3n) is 4.79. The van der Waals surface area contributed by atoms with E-state index in [1.54, 1.807) is 0 Å². The molecule has 112 valence electrons. The highest BCUT2D eigenvalue weighted by Crippen LogP contribution is 2.31. The van der Waals surface area contributed by atoms with Crippen molar-refractivity contribution in [3.8, 4) is 0 Å². The van der Waals surface area contributed by atoms with Crippen LogP contribution in [-0.2, 0) is 0 Å². The predicted octanol–water partition coefficient (Wildman–Crippen LogP) is 5.40. The molecule has 1 aliphatic carbocycles. The van der Waals surface area contributed by atoms with E-state index < -0.39 is 0 Å². The standard InChI is InChI=1S/C19H31N/c1-3-15-20-19(18-12-8-7-9-16(18)2)14-13-17-10-5-4-6-11-17/h7-9,12,17,19-20H,3-6,10-11,13-15H2,1-2H3. The predicted molar refractivity (Wildman–Crippen MR) is 88.0 cm³/mol. The van der Waals surface area contributed by atoms with E-state index >= 15 is 0 Å². The summed E-state index contributed by atoms with van der Waals surface area (Å²) in [4.78, 5) is 0. The smallest absolute Gasteiger partial charge is 0.0322 e. The maximum absolute atomic E-state index is 3.77. The van der Waals surface area contributed by atoms with Crippen LogP contribution in [0.4, 0.5) is 0 Å². The molecule has 1 atom stereocenters. The zero-order valence-electron chi connectivity index (χ0n) is 13.3. The van der Waals surface area contributed by atoms with E-state index in [-0.39, 0.29) is 0 Å². The number of hydrogen-bond acceptors (Lipinski definition) is 1. The quantitative estimate of drug-likeness (QED) is 0.701. The van der Waals surface area contributed by atoms with E-state index in [4.69, 9.17) is 0 Å². The highest BCUT2D eigenvalue weighted by atomic mass is 14.9. The van der Waals surface area contributed by atoms with Crippen LogP contribution in [0.3, 0.4) is 0 Å². The summed E-state index contributed by atoms with van der Waals surface area (Å²) in [5.41, 5.74) is 2.95. The van der Waals surface area contributed by atoms with Crippen molar-refractivity contribution in [3.05, 3.63) is 35.4 Å². The molecule has 1 unspecified atom stereocenters. The first-order valence-corrected chi connectivity index (χ1v) is 8.60. The summed E-state index contributed by atoms with van der Waals surface area (Å²) in [6, 6.07) is 9.44. The molecule has 1 aliphatic rings. The lowest BCUT2D eigenvalue weighted by molar-refractivity contribution is 0.314. The van der Waals surface area contributed by atoms with E-state index in [0.29, 0.717) is 6.04 Å². The van der Waals surface area contributed by atoms with Crippen molar-refractivity contribution < 1.29 is 0 Å². The van der Waals surface area contributed by atoms with Crippen molar-refractivity contribution in [1.82, 2.24) is 5.32 Å². The molecule has 1 nitrogen and oxygen atoms in total. The second-order valence-electron chi connectivity index (χ2n) is 6.44. The van der Waals surface area contributed by atoms with Crippen LogP contribution in [0.2, 0.25) is 0 Å². The molecule has 0 aliphatic heterocycles. The Morgan fingerprint density at radius 3 is 2.60 bits per heavy atom. The average molecular weight is 273 g/mol. The summed E-state index contributed by atoms with van der Waals surface area (Å²) in [5.74, 6) is 0.985. The van der Waals surface area contributed by atoms with Gasteiger partial charge in [0.2, 0.25) is 0 Å². The summed E-state index contributed by atoms with van der Waals surface area (Å²) < 4.78 is 0. The normalized spacial score (nSPS) is 18.1. The molecule has 1 aromatic carbocycles. The lowest BCUT2D eigenvalue weighted by Crippen LogP contribution is -2.24. The van der Waals surface area contributed by atoms with Gasteiger partial charge in [0.05, 0.1) is 0 Å². The summed E-state index contributed by atoms with van der Waals surface area (Å²) in [7, 11) is 0. The van der Waals surface area contributed by atoms with Gasteiger partial charge in [0.1, 0.15) is 0 Å². The van der Waals surface area contributed by atoms with Crippen LogP contribution < -0.4 is 5.32 Å². The molecule has 0 heterocycles. The SMILES string of the molecule is CCCNC(CCC1CCCCC1)c1ccccc1C. The van der Waals surface area contributed by atoms with E-state index in [1.165, 1.54) is 62.5 Å². The van der Waals surface area contributed by atoms with Crippen molar-refractivity contribution in [2.24, 2.45) is 5.92 Å². The Hall–Kier alpha value is -0.820. The molecule has 0 aromatic heterocycles. The fraction of sp³-hybridized carbons (Fsp3) is 0.684. The highest BCUT2D eigenvalue weighted by Gasteiger charge is 2.17. The molecule has 1 N–H and O–H groups in total. The molecule has 2 rings (SSSR count). The first-order chi connectivity index (χ1) is 9.81. The van der Waals surface area contributed by atoms with Gasteiger partial charge in [-0.05, 0) is 49.8 Å². The lowest BCUT2D eigenvalue weighted by Gasteiger charge is -2.26. The summed E-state index contributed by atoms with van der Waals surface area (Å²) in [6.07, 6.45) is 11.2. The minimum Gasteiger partial charge on any atom is -0.310 e. The van der Waals surface area contributed by atoms with Gasteiger partial charge in [0.25, 0.3) is 0 Å². The maximum Gasteiger partial charge on any atom is 0.0322 e. The van der Waals surface area contributed by atoms with Gasteiger partial charge >= 0.3 is 0 Å². The van der Waals surface area contributed by atoms with Gasteiger partial charge in [-0.15, -0.1) is 0 Å². The van der Waals surface area contributed by atoms with Crippen molar-refractivity contribution in [2.45, 2.75) is 71.3 Å². The van der Waals surface area contributed by atoms with Crippen LogP contribution in [-0.4, -0.2) is 6.54 Å². The zero-order valence-corrected chi connectivity index (χ0v) is 13.3. The highest BCUT2D eigenvalue weighted by molar-refractivity contribution is 5.28. The van der Waals surface area contributed by atoms with E-state index in [1.807, 2.05) is 0 Å². The molecule has 0 saturated heterocycles. The molecule has 0 radical (unpaired) electrons. The average Bonchev–Trinajstić information content (AvgIpc) is 2.49. The van der Waals surface area contributed by atoms with Gasteiger partial charge in [-0.3, -0.25) is 0 Å². The molecule has 20 heavy (non-hydrogen) atoms. The van der Waals surface area contributed by atoms with Crippen LogP contribution in [0.5, 0.6) is 0 Å². The van der Waals surface area contributed by atoms with E-state index in [2.05, 4.69) is 43.4 Å². The molecular weight excluding hydrogens is 242 g/mol. The summed E-state index contributed by atoms with van der Waals surface area (Å²) in [5, 5.41) is 3.77. The Labute approximate surface area is 125 Å². The second kappa shape index (κ2) is 8.46. The van der Waals surface area contributed by atoms with E-state index in [0.717, 1.165) is 12.5 Å². The molecule has 1 fully saturated rings. The summed E-state index contributed by atoms with van der Waals surface area (Å²) in [6.45, 7) is 5.63. The van der Waals surface area contributed by atoms with E-state index in [9.17, 15) is 0 Å². The molecule has 0 bridgehead atoms. The van der Waals surface area contributed by atoms with Gasteiger partial charge in [-0.2, -0.15) is 0 Å². The maximum atomic E-state index is 3.77. The lowest BCUT2D eigenvalue weighted by atomic mass is 9.84. The van der Waals surface area contributed by atoms with Crippen molar-refractivity contribution in [3.63, 3.8) is 0 Å². The van der Waals surface area contributed by atoms with Crippen LogP contribution in [0.15, 0.2) is 24.3 Å². The second-order valence-corrected chi connectivity index (χ2v) is 6.44. The van der Waals surface area contributed by atoms with Crippen molar-refractivity contribution in [1.29, 1.82) is 0 Å². The fourth-order valence-corrected chi connectivity index (χ4v) is 3.54. The number of aryl methyl sites for hydroxylation is 1. The fourth-order valence-electron chi connectivity index (χ4n) is 3.54. The molecule has 1 heteroatoms. The molecule has 1 aromatic rings. The van der Waals surface area contributed by atoms with Gasteiger partial charge in [0.15, 0.2) is 0 Å². The largest absolute Gasteiger partial charge is 0.310 e. The molecule has 0 amide bonds. The van der Waals surface area contributed by atoms with Crippen LogP contribution in [0, 0.1) is 12.8 Å². The zero-order chi connectivity index (χ0) is 14.2. The van der Waals surface area contributed by atoms with Crippen molar-refractivity contribution in [2.75, 3.05) is 6.54 Å². The van der Waals surface area contributed by atoms with Crippen LogP contribution in [0.25, 0.3) is 0 Å². The minimum absolute atomic E-state index is 0.554. The number of hydrogen-bond donors (Lipinski definition) is 1. The van der Waals surface area contributed by atoms with Crippen LogP contribution >= 0.6 is 0 Å². The Bertz CT molecular complexity index is 379. The minimum atomic E-state index is 0.554. The Balaban J connectivity index is 1.94. The molecular formula is C19H31N. The number of rotatable bonds is 7. The molecule has 1 saturated carbocycles.